The number of nitriles is 5. The van der Waals surface area contributed by atoms with Gasteiger partial charge < -0.3 is 53.5 Å². The highest BCUT2D eigenvalue weighted by molar-refractivity contribution is 9.11. The monoisotopic (exact) mass is 1140 g/mol. The van der Waals surface area contributed by atoms with E-state index >= 15 is 0 Å². The van der Waals surface area contributed by atoms with Gasteiger partial charge in [-0.15, -0.1) is 0 Å². The van der Waals surface area contributed by atoms with Crippen LogP contribution in [0, 0.1) is 56.7 Å². The third-order valence-corrected chi connectivity index (χ3v) is 10.8. The van der Waals surface area contributed by atoms with E-state index in [1.165, 1.54) is 27.4 Å². The second kappa shape index (κ2) is 30.3. The van der Waals surface area contributed by atoms with Crippen molar-refractivity contribution >= 4 is 60.2 Å². The number of ether oxygens (including phenoxy) is 9. The Labute approximate surface area is 430 Å². The van der Waals surface area contributed by atoms with E-state index in [0.29, 0.717) is 81.9 Å². The van der Waals surface area contributed by atoms with Crippen LogP contribution in [0.25, 0.3) is 6.08 Å². The number of nitrogens with zero attached hydrogens (tertiary/aromatic N) is 5. The maximum atomic E-state index is 10.5. The molecule has 70 heavy (non-hydrogen) atoms. The van der Waals surface area contributed by atoms with Gasteiger partial charge in [0.15, 0.2) is 34.5 Å². The molecule has 6 rings (SSSR count). The zero-order chi connectivity index (χ0) is 52.3. The normalized spacial score (nSPS) is 11.1. The molecule has 3 N–H and O–H groups in total. The molecular weight excluding hydrogens is 1100 g/mol. The van der Waals surface area contributed by atoms with Crippen LogP contribution >= 0.6 is 47.8 Å². The van der Waals surface area contributed by atoms with Gasteiger partial charge >= 0.3 is 0 Å². The molecule has 0 bridgehead atoms. The molecule has 1 aliphatic rings. The Balaban J connectivity index is 0.000000330. The average Bonchev–Trinajstić information content (AvgIpc) is 3.37. The van der Waals surface area contributed by atoms with Gasteiger partial charge in [-0.1, -0.05) is 12.1 Å². The SMILES string of the molecule is COc1cc(C=C(C#N)C#N)cc(Br)c1OC.COc1cc(C=O)cc(Br)c1OC.COc1ccc2c(c1)OC(N)=C(C#N)C2c1cc(Br)c(OC)c(OC)c1.COc1cccc(O)c1.N#CCC#N. The van der Waals surface area contributed by atoms with E-state index in [1.54, 1.807) is 114 Å². The molecular formula is C50H45Br3N6O11. The number of nitrogens with two attached hydrogens (primary N) is 1. The van der Waals surface area contributed by atoms with Crippen molar-refractivity contribution in [3.63, 3.8) is 0 Å². The molecule has 17 nitrogen and oxygen atoms in total. The van der Waals surface area contributed by atoms with Gasteiger partial charge in [-0.25, -0.2) is 0 Å². The first-order valence-electron chi connectivity index (χ1n) is 19.7. The summed E-state index contributed by atoms with van der Waals surface area (Å²) < 4.78 is 49.1. The number of allylic oxidation sites excluding steroid dienone is 2. The highest BCUT2D eigenvalue weighted by Gasteiger charge is 2.32. The van der Waals surface area contributed by atoms with E-state index in [4.69, 9.17) is 74.5 Å². The molecule has 0 saturated carbocycles. The molecule has 0 saturated heterocycles. The van der Waals surface area contributed by atoms with Crippen LogP contribution in [0.1, 0.15) is 39.4 Å². The van der Waals surface area contributed by atoms with Crippen LogP contribution in [0.5, 0.6) is 57.5 Å². The van der Waals surface area contributed by atoms with Gasteiger partial charge in [0.2, 0.25) is 5.88 Å². The summed E-state index contributed by atoms with van der Waals surface area (Å²) in [5.74, 6) is 5.14. The highest BCUT2D eigenvalue weighted by atomic mass is 79.9. The lowest BCUT2D eigenvalue weighted by Gasteiger charge is -2.27. The second-order valence-corrected chi connectivity index (χ2v) is 15.7. The number of hydrogen-bond donors (Lipinski definition) is 2. The number of phenols is 1. The van der Waals surface area contributed by atoms with Gasteiger partial charge in [0, 0.05) is 23.3 Å². The van der Waals surface area contributed by atoms with Gasteiger partial charge in [0.25, 0.3) is 0 Å². The lowest BCUT2D eigenvalue weighted by atomic mass is 9.83. The lowest BCUT2D eigenvalue weighted by molar-refractivity contribution is 0.112. The van der Waals surface area contributed by atoms with E-state index in [1.807, 2.05) is 24.3 Å². The predicted molar refractivity (Wildman–Crippen MR) is 269 cm³/mol. The maximum absolute atomic E-state index is 10.5. The molecule has 0 aromatic heterocycles. The van der Waals surface area contributed by atoms with Crippen molar-refractivity contribution in [1.82, 2.24) is 0 Å². The second-order valence-electron chi connectivity index (χ2n) is 13.1. The van der Waals surface area contributed by atoms with Crippen molar-refractivity contribution in [2.45, 2.75) is 12.3 Å². The van der Waals surface area contributed by atoms with E-state index in [-0.39, 0.29) is 23.6 Å². The van der Waals surface area contributed by atoms with Crippen LogP contribution in [0.15, 0.2) is 109 Å². The molecule has 0 amide bonds. The first kappa shape index (κ1) is 58.1. The largest absolute Gasteiger partial charge is 0.508 e. The van der Waals surface area contributed by atoms with Crippen molar-refractivity contribution in [2.24, 2.45) is 5.73 Å². The molecule has 1 atom stereocenters. The standard InChI is InChI=1S/C19H17BrN2O4.C12H9BrN2O2.C9H9BrO3.C7H8O2.C3H2N2/c1-23-11-4-5-12-15(8-11)26-19(22)13(9-21)17(12)10-6-14(20)18(25-3)16(7-10)24-2;1-16-11-5-8(3-9(6-14)7-15)4-10(13)12(11)17-2;1-12-8-4-6(5-11)3-7(10)9(8)13-2;1-9-7-4-2-3-6(8)5-7;4-2-1-3-5/h4-8,17H,22H2,1-3H3;3-5H,1-2H3;3-5H,1-2H3;2-5,8H,1H3;1H2. The molecule has 0 spiro atoms. The van der Waals surface area contributed by atoms with Crippen molar-refractivity contribution < 1.29 is 52.5 Å². The fourth-order valence-electron chi connectivity index (χ4n) is 5.94. The minimum Gasteiger partial charge on any atom is -0.508 e. The zero-order valence-electron chi connectivity index (χ0n) is 38.9. The van der Waals surface area contributed by atoms with Crippen molar-refractivity contribution in [3.8, 4) is 87.8 Å². The van der Waals surface area contributed by atoms with E-state index in [9.17, 15) is 10.1 Å². The number of fused-ring (bicyclic) bond motifs is 1. The first-order valence-corrected chi connectivity index (χ1v) is 22.1. The van der Waals surface area contributed by atoms with Gasteiger partial charge in [-0.05, 0) is 120 Å². The number of carbonyl (C=O) groups excluding carboxylic acids is 1. The molecule has 362 valence electrons. The molecule has 5 aromatic rings. The van der Waals surface area contributed by atoms with Crippen LogP contribution in [0.2, 0.25) is 0 Å². The van der Waals surface area contributed by atoms with Crippen LogP contribution < -0.4 is 48.4 Å². The predicted octanol–water partition coefficient (Wildman–Crippen LogP) is 10.7. The van der Waals surface area contributed by atoms with Gasteiger partial charge in [-0.2, -0.15) is 26.3 Å². The molecule has 0 fully saturated rings. The van der Waals surface area contributed by atoms with Crippen LogP contribution in [-0.4, -0.2) is 68.3 Å². The maximum Gasteiger partial charge on any atom is 0.205 e. The molecule has 0 aliphatic carbocycles. The van der Waals surface area contributed by atoms with Crippen molar-refractivity contribution in [2.75, 3.05) is 56.9 Å². The Kier molecular flexibility index (Phi) is 25.2. The number of halogens is 3. The summed E-state index contributed by atoms with van der Waals surface area (Å²) in [7, 11) is 12.4. The Bertz CT molecular complexity index is 2870. The fraction of sp³-hybridized carbons (Fsp3) is 0.200. The summed E-state index contributed by atoms with van der Waals surface area (Å²) in [6.07, 6.45) is 2.24. The summed E-state index contributed by atoms with van der Waals surface area (Å²) in [5.41, 5.74) is 9.25. The molecule has 5 aromatic carbocycles. The third-order valence-electron chi connectivity index (χ3n) is 9.03. The van der Waals surface area contributed by atoms with Crippen molar-refractivity contribution in [1.29, 1.82) is 26.3 Å². The number of rotatable bonds is 11. The summed E-state index contributed by atoms with van der Waals surface area (Å²) in [6.45, 7) is 0. The molecule has 1 aliphatic heterocycles. The van der Waals surface area contributed by atoms with Crippen LogP contribution in [-0.2, 0) is 0 Å². The number of hydrogen-bond acceptors (Lipinski definition) is 17. The molecule has 1 unspecified atom stereocenters. The summed E-state index contributed by atoms with van der Waals surface area (Å²) in [6, 6.07) is 31.6. The third kappa shape index (κ3) is 16.3. The van der Waals surface area contributed by atoms with E-state index < -0.39 is 5.92 Å². The average molecular weight is 1150 g/mol. The quantitative estimate of drug-likeness (QED) is 0.0919. The Morgan fingerprint density at radius 3 is 1.57 bits per heavy atom. The smallest absolute Gasteiger partial charge is 0.205 e. The van der Waals surface area contributed by atoms with Gasteiger partial charge in [-0.3, -0.25) is 4.79 Å². The van der Waals surface area contributed by atoms with E-state index in [0.717, 1.165) is 17.4 Å². The number of benzene rings is 5. The summed E-state index contributed by atoms with van der Waals surface area (Å²) in [5, 5.41) is 51.1. The number of methoxy groups -OCH3 is 8. The summed E-state index contributed by atoms with van der Waals surface area (Å²) >= 11 is 10.1. The number of carbonyl (C=O) groups is 1. The number of aldehydes is 1. The zero-order valence-corrected chi connectivity index (χ0v) is 43.7. The fourth-order valence-corrected chi connectivity index (χ4v) is 7.80. The minimum atomic E-state index is -0.397. The van der Waals surface area contributed by atoms with E-state index in [2.05, 4.69) is 53.9 Å². The highest BCUT2D eigenvalue weighted by Crippen LogP contribution is 2.47. The van der Waals surface area contributed by atoms with Gasteiger partial charge in [0.1, 0.15) is 65.1 Å². The molecule has 0 radical (unpaired) electrons. The Morgan fingerprint density at radius 2 is 1.14 bits per heavy atom. The minimum absolute atomic E-state index is 0. The Morgan fingerprint density at radius 1 is 0.643 bits per heavy atom. The topological polar surface area (TPSA) is 265 Å². The number of phenolic OH excluding ortho intramolecular Hbond substituents is 1. The van der Waals surface area contributed by atoms with Gasteiger partial charge in [0.05, 0.1) is 88.4 Å². The number of aromatic hydroxyl groups is 1. The van der Waals surface area contributed by atoms with Crippen LogP contribution in [0.3, 0.4) is 0 Å². The molecule has 20 heteroatoms. The lowest BCUT2D eigenvalue weighted by Crippen LogP contribution is -2.21. The Hall–Kier alpha value is -8.06. The van der Waals surface area contributed by atoms with Crippen LogP contribution in [0.4, 0.5) is 0 Å². The van der Waals surface area contributed by atoms with Crippen molar-refractivity contribution in [3.05, 3.63) is 132 Å². The first-order chi connectivity index (χ1) is 33.6. The summed E-state index contributed by atoms with van der Waals surface area (Å²) in [4.78, 5) is 10.5. The molecule has 1 heterocycles.